The van der Waals surface area contributed by atoms with Crippen molar-refractivity contribution < 1.29 is 4.74 Å². The van der Waals surface area contributed by atoms with Crippen LogP contribution in [-0.4, -0.2) is 30.0 Å². The van der Waals surface area contributed by atoms with E-state index in [1.807, 2.05) is 10.9 Å². The minimum Gasteiger partial charge on any atom is -0.384 e. The number of nitrogens with zero attached hydrogens (tertiary/aromatic N) is 2. The molecule has 0 fully saturated rings. The molecule has 0 saturated heterocycles. The number of hydrogen-bond donors (Lipinski definition) is 1. The first kappa shape index (κ1) is 12.2. The number of hydrogen-bond acceptors (Lipinski definition) is 3. The second kappa shape index (κ2) is 6.58. The van der Waals surface area contributed by atoms with Crippen LogP contribution in [0.2, 0.25) is 0 Å². The maximum atomic E-state index is 5.08. The van der Waals surface area contributed by atoms with Crippen molar-refractivity contribution in [2.75, 3.05) is 20.3 Å². The SMILES string of the molecule is CCn1nccc1CNCC(C)COC. The number of nitrogens with one attached hydrogen (secondary N) is 1. The van der Waals surface area contributed by atoms with E-state index in [2.05, 4.69) is 30.3 Å². The van der Waals surface area contributed by atoms with Crippen LogP contribution in [0.25, 0.3) is 0 Å². The predicted octanol–water partition coefficient (Wildman–Crippen LogP) is 1.28. The summed E-state index contributed by atoms with van der Waals surface area (Å²) in [6.07, 6.45) is 1.85. The van der Waals surface area contributed by atoms with Crippen LogP contribution >= 0.6 is 0 Å². The molecule has 1 heterocycles. The lowest BCUT2D eigenvalue weighted by Gasteiger charge is -2.11. The van der Waals surface area contributed by atoms with Crippen LogP contribution < -0.4 is 5.32 Å². The molecular formula is C11H21N3O. The summed E-state index contributed by atoms with van der Waals surface area (Å²) in [4.78, 5) is 0. The van der Waals surface area contributed by atoms with Crippen LogP contribution in [0.4, 0.5) is 0 Å². The third-order valence-corrected chi connectivity index (χ3v) is 2.35. The smallest absolute Gasteiger partial charge is 0.0521 e. The standard InChI is InChI=1S/C11H21N3O/c1-4-14-11(5-6-13-14)8-12-7-10(2)9-15-3/h5-6,10,12H,4,7-9H2,1-3H3. The van der Waals surface area contributed by atoms with Crippen LogP contribution in [0.5, 0.6) is 0 Å². The lowest BCUT2D eigenvalue weighted by atomic mass is 10.2. The predicted molar refractivity (Wildman–Crippen MR) is 60.6 cm³/mol. The summed E-state index contributed by atoms with van der Waals surface area (Å²) in [5, 5.41) is 7.63. The summed E-state index contributed by atoms with van der Waals surface area (Å²) in [6.45, 7) is 7.86. The molecule has 4 nitrogen and oxygen atoms in total. The Labute approximate surface area is 91.6 Å². The van der Waals surface area contributed by atoms with Gasteiger partial charge in [0.25, 0.3) is 0 Å². The number of ether oxygens (including phenoxy) is 1. The van der Waals surface area contributed by atoms with Crippen molar-refractivity contribution >= 4 is 0 Å². The summed E-state index contributed by atoms with van der Waals surface area (Å²) in [5.41, 5.74) is 1.24. The van der Waals surface area contributed by atoms with E-state index in [9.17, 15) is 0 Å². The Hall–Kier alpha value is -0.870. The molecule has 0 aromatic carbocycles. The molecule has 0 radical (unpaired) electrons. The van der Waals surface area contributed by atoms with Crippen LogP contribution in [0.3, 0.4) is 0 Å². The maximum Gasteiger partial charge on any atom is 0.0521 e. The highest BCUT2D eigenvalue weighted by Crippen LogP contribution is 1.99. The molecule has 0 amide bonds. The number of rotatable bonds is 7. The number of aromatic nitrogens is 2. The number of methoxy groups -OCH3 is 1. The zero-order valence-corrected chi connectivity index (χ0v) is 9.86. The van der Waals surface area contributed by atoms with E-state index in [0.717, 1.165) is 26.2 Å². The molecule has 1 unspecified atom stereocenters. The lowest BCUT2D eigenvalue weighted by Crippen LogP contribution is -2.24. The molecule has 15 heavy (non-hydrogen) atoms. The van der Waals surface area contributed by atoms with Gasteiger partial charge in [-0.15, -0.1) is 0 Å². The van der Waals surface area contributed by atoms with Gasteiger partial charge in [-0.1, -0.05) is 6.92 Å². The molecule has 4 heteroatoms. The Morgan fingerprint density at radius 2 is 2.40 bits per heavy atom. The van der Waals surface area contributed by atoms with Crippen LogP contribution in [-0.2, 0) is 17.8 Å². The van der Waals surface area contributed by atoms with Gasteiger partial charge in [0.2, 0.25) is 0 Å². The van der Waals surface area contributed by atoms with Gasteiger partial charge in [0.1, 0.15) is 0 Å². The normalized spacial score (nSPS) is 13.0. The zero-order chi connectivity index (χ0) is 11.1. The molecule has 0 saturated carbocycles. The minimum atomic E-state index is 0.549. The van der Waals surface area contributed by atoms with Crippen molar-refractivity contribution in [1.82, 2.24) is 15.1 Å². The van der Waals surface area contributed by atoms with Crippen LogP contribution in [0, 0.1) is 5.92 Å². The molecular weight excluding hydrogens is 190 g/mol. The van der Waals surface area contributed by atoms with Crippen molar-refractivity contribution in [3.05, 3.63) is 18.0 Å². The molecule has 86 valence electrons. The first-order valence-corrected chi connectivity index (χ1v) is 5.48. The highest BCUT2D eigenvalue weighted by molar-refractivity contribution is 4.99. The van der Waals surface area contributed by atoms with Gasteiger partial charge in [-0.05, 0) is 18.9 Å². The third kappa shape index (κ3) is 4.01. The van der Waals surface area contributed by atoms with Gasteiger partial charge in [0, 0.05) is 39.5 Å². The average Bonchev–Trinajstić information content (AvgIpc) is 2.66. The van der Waals surface area contributed by atoms with Crippen LogP contribution in [0.15, 0.2) is 12.3 Å². The Morgan fingerprint density at radius 1 is 1.60 bits per heavy atom. The fourth-order valence-corrected chi connectivity index (χ4v) is 1.59. The van der Waals surface area contributed by atoms with E-state index in [4.69, 9.17) is 4.74 Å². The molecule has 0 spiro atoms. The quantitative estimate of drug-likeness (QED) is 0.738. The van der Waals surface area contributed by atoms with E-state index in [0.29, 0.717) is 5.92 Å². The maximum absolute atomic E-state index is 5.08. The van der Waals surface area contributed by atoms with Gasteiger partial charge < -0.3 is 10.1 Å². The Morgan fingerprint density at radius 3 is 3.07 bits per heavy atom. The average molecular weight is 211 g/mol. The fourth-order valence-electron chi connectivity index (χ4n) is 1.59. The van der Waals surface area contributed by atoms with Gasteiger partial charge in [0.05, 0.1) is 5.69 Å². The first-order valence-electron chi connectivity index (χ1n) is 5.48. The summed E-state index contributed by atoms with van der Waals surface area (Å²) in [6, 6.07) is 2.05. The fraction of sp³-hybridized carbons (Fsp3) is 0.727. The third-order valence-electron chi connectivity index (χ3n) is 2.35. The summed E-state index contributed by atoms with van der Waals surface area (Å²) in [7, 11) is 1.74. The molecule has 0 bridgehead atoms. The summed E-state index contributed by atoms with van der Waals surface area (Å²) >= 11 is 0. The highest BCUT2D eigenvalue weighted by atomic mass is 16.5. The summed E-state index contributed by atoms with van der Waals surface area (Å²) < 4.78 is 7.09. The van der Waals surface area contributed by atoms with Gasteiger partial charge >= 0.3 is 0 Å². The Balaban J connectivity index is 2.25. The highest BCUT2D eigenvalue weighted by Gasteiger charge is 2.03. The summed E-state index contributed by atoms with van der Waals surface area (Å²) in [5.74, 6) is 0.549. The van der Waals surface area contributed by atoms with E-state index in [-0.39, 0.29) is 0 Å². The minimum absolute atomic E-state index is 0.549. The number of aryl methyl sites for hydroxylation is 1. The first-order chi connectivity index (χ1) is 7.27. The monoisotopic (exact) mass is 211 g/mol. The second-order valence-corrected chi connectivity index (χ2v) is 3.83. The van der Waals surface area contributed by atoms with Gasteiger partial charge in [-0.2, -0.15) is 5.10 Å². The molecule has 1 atom stereocenters. The Bertz CT molecular complexity index is 273. The van der Waals surface area contributed by atoms with Crippen molar-refractivity contribution in [3.8, 4) is 0 Å². The molecule has 1 N–H and O–H groups in total. The zero-order valence-electron chi connectivity index (χ0n) is 9.86. The second-order valence-electron chi connectivity index (χ2n) is 3.83. The van der Waals surface area contributed by atoms with Crippen LogP contribution in [0.1, 0.15) is 19.5 Å². The molecule has 0 aliphatic heterocycles. The van der Waals surface area contributed by atoms with Crippen molar-refractivity contribution in [1.29, 1.82) is 0 Å². The molecule has 0 aliphatic rings. The Kier molecular flexibility index (Phi) is 5.36. The molecule has 1 rings (SSSR count). The van der Waals surface area contributed by atoms with E-state index in [1.54, 1.807) is 7.11 Å². The lowest BCUT2D eigenvalue weighted by molar-refractivity contribution is 0.158. The van der Waals surface area contributed by atoms with Gasteiger partial charge in [0.15, 0.2) is 0 Å². The van der Waals surface area contributed by atoms with E-state index >= 15 is 0 Å². The van der Waals surface area contributed by atoms with Crippen molar-refractivity contribution in [2.45, 2.75) is 26.9 Å². The molecule has 0 aliphatic carbocycles. The molecule has 1 aromatic heterocycles. The van der Waals surface area contributed by atoms with E-state index < -0.39 is 0 Å². The topological polar surface area (TPSA) is 39.1 Å². The van der Waals surface area contributed by atoms with E-state index in [1.165, 1.54) is 5.69 Å². The van der Waals surface area contributed by atoms with Gasteiger partial charge in [-0.25, -0.2) is 0 Å². The molecule has 1 aromatic rings. The van der Waals surface area contributed by atoms with Crippen molar-refractivity contribution in [3.63, 3.8) is 0 Å². The van der Waals surface area contributed by atoms with Crippen molar-refractivity contribution in [2.24, 2.45) is 5.92 Å². The largest absolute Gasteiger partial charge is 0.384 e. The van der Waals surface area contributed by atoms with Gasteiger partial charge in [-0.3, -0.25) is 4.68 Å².